The number of amides is 1. The molecule has 106 valence electrons. The lowest BCUT2D eigenvalue weighted by atomic mass is 9.80. The van der Waals surface area contributed by atoms with Gasteiger partial charge in [-0.2, -0.15) is 0 Å². The van der Waals surface area contributed by atoms with Crippen molar-refractivity contribution in [3.63, 3.8) is 0 Å². The summed E-state index contributed by atoms with van der Waals surface area (Å²) in [6.07, 6.45) is 1.07. The van der Waals surface area contributed by atoms with Gasteiger partial charge >= 0.3 is 0 Å². The minimum Gasteiger partial charge on any atom is -0.340 e. The minimum atomic E-state index is -0.172. The van der Waals surface area contributed by atoms with Crippen molar-refractivity contribution in [1.82, 2.24) is 10.2 Å². The molecule has 1 aliphatic carbocycles. The van der Waals surface area contributed by atoms with Crippen LogP contribution in [0.1, 0.15) is 27.9 Å². The van der Waals surface area contributed by atoms with E-state index >= 15 is 0 Å². The number of ketones is 1. The summed E-state index contributed by atoms with van der Waals surface area (Å²) in [5, 5.41) is 3.25. The van der Waals surface area contributed by atoms with Crippen LogP contribution in [0.5, 0.6) is 0 Å². The van der Waals surface area contributed by atoms with Crippen molar-refractivity contribution < 1.29 is 9.59 Å². The number of carbonyl (C=O) groups excluding carboxylic acids is 2. The van der Waals surface area contributed by atoms with Crippen LogP contribution in [-0.2, 0) is 11.2 Å². The van der Waals surface area contributed by atoms with Crippen molar-refractivity contribution >= 4 is 11.7 Å². The summed E-state index contributed by atoms with van der Waals surface area (Å²) in [6.45, 7) is 5.22. The van der Waals surface area contributed by atoms with Crippen molar-refractivity contribution in [2.45, 2.75) is 19.8 Å². The van der Waals surface area contributed by atoms with Crippen LogP contribution in [0.4, 0.5) is 0 Å². The van der Waals surface area contributed by atoms with Gasteiger partial charge in [0.15, 0.2) is 5.78 Å². The van der Waals surface area contributed by atoms with Crippen molar-refractivity contribution in [3.8, 4) is 0 Å². The van der Waals surface area contributed by atoms with Crippen molar-refractivity contribution in [2.75, 3.05) is 26.2 Å². The molecule has 1 N–H and O–H groups in total. The van der Waals surface area contributed by atoms with Crippen LogP contribution in [0.25, 0.3) is 0 Å². The number of carbonyl (C=O) groups is 2. The molecule has 0 spiro atoms. The van der Waals surface area contributed by atoms with Crippen LogP contribution in [0.3, 0.4) is 0 Å². The summed E-state index contributed by atoms with van der Waals surface area (Å²) < 4.78 is 0. The summed E-state index contributed by atoms with van der Waals surface area (Å²) in [4.78, 5) is 26.7. The van der Waals surface area contributed by atoms with Gasteiger partial charge in [-0.25, -0.2) is 0 Å². The maximum Gasteiger partial charge on any atom is 0.226 e. The van der Waals surface area contributed by atoms with E-state index in [1.54, 1.807) is 0 Å². The summed E-state index contributed by atoms with van der Waals surface area (Å²) in [5.74, 6) is 0.0892. The number of hydrogen-bond donors (Lipinski definition) is 1. The minimum absolute atomic E-state index is 0.114. The summed E-state index contributed by atoms with van der Waals surface area (Å²) in [7, 11) is 0. The Balaban J connectivity index is 1.82. The smallest absolute Gasteiger partial charge is 0.226 e. The standard InChI is InChI=1S/C16H20N2O2/c1-11-3-2-4-13-14(11)9-12(10-15(13)19)16(20)18-7-5-17-6-8-18/h2-4,12,17H,5-10H2,1H3. The molecule has 20 heavy (non-hydrogen) atoms. The number of benzene rings is 1. The van der Waals surface area contributed by atoms with E-state index in [1.165, 1.54) is 0 Å². The van der Waals surface area contributed by atoms with Gasteiger partial charge in [-0.1, -0.05) is 18.2 Å². The van der Waals surface area contributed by atoms with Gasteiger partial charge in [0.1, 0.15) is 0 Å². The van der Waals surface area contributed by atoms with Crippen LogP contribution in [0, 0.1) is 12.8 Å². The molecule has 1 fully saturated rings. The molecule has 0 bridgehead atoms. The predicted octanol–water partition coefficient (Wildman–Crippen LogP) is 1.17. The van der Waals surface area contributed by atoms with Crippen LogP contribution in [0.2, 0.25) is 0 Å². The molecule has 3 rings (SSSR count). The summed E-state index contributed by atoms with van der Waals surface area (Å²) in [6, 6.07) is 5.82. The van der Waals surface area contributed by atoms with Gasteiger partial charge < -0.3 is 10.2 Å². The molecular formula is C16H20N2O2. The Morgan fingerprint density at radius 1 is 1.25 bits per heavy atom. The highest BCUT2D eigenvalue weighted by Crippen LogP contribution is 2.29. The van der Waals surface area contributed by atoms with Gasteiger partial charge in [-0.15, -0.1) is 0 Å². The quantitative estimate of drug-likeness (QED) is 0.835. The highest BCUT2D eigenvalue weighted by Gasteiger charge is 2.33. The third kappa shape index (κ3) is 2.36. The number of piperazine rings is 1. The molecule has 1 saturated heterocycles. The second-order valence-electron chi connectivity index (χ2n) is 5.70. The van der Waals surface area contributed by atoms with Gasteiger partial charge in [-0.3, -0.25) is 9.59 Å². The molecule has 0 saturated carbocycles. The maximum atomic E-state index is 12.6. The monoisotopic (exact) mass is 272 g/mol. The summed E-state index contributed by atoms with van der Waals surface area (Å²) in [5.41, 5.74) is 3.00. The Hall–Kier alpha value is -1.68. The van der Waals surface area contributed by atoms with Gasteiger partial charge in [-0.05, 0) is 24.5 Å². The zero-order valence-corrected chi connectivity index (χ0v) is 11.8. The lowest BCUT2D eigenvalue weighted by Crippen LogP contribution is -2.49. The molecule has 1 aromatic rings. The van der Waals surface area contributed by atoms with Crippen LogP contribution in [0.15, 0.2) is 18.2 Å². The first-order valence-electron chi connectivity index (χ1n) is 7.28. The number of fused-ring (bicyclic) bond motifs is 1. The second-order valence-corrected chi connectivity index (χ2v) is 5.70. The molecule has 1 atom stereocenters. The lowest BCUT2D eigenvalue weighted by Gasteiger charge is -2.32. The van der Waals surface area contributed by atoms with E-state index in [-0.39, 0.29) is 17.6 Å². The topological polar surface area (TPSA) is 49.4 Å². The van der Waals surface area contributed by atoms with Crippen molar-refractivity contribution in [1.29, 1.82) is 0 Å². The van der Waals surface area contributed by atoms with Gasteiger partial charge in [0.2, 0.25) is 5.91 Å². The Kier molecular flexibility index (Phi) is 3.57. The average molecular weight is 272 g/mol. The number of rotatable bonds is 1. The summed E-state index contributed by atoms with van der Waals surface area (Å²) >= 11 is 0. The van der Waals surface area contributed by atoms with E-state index in [1.807, 2.05) is 30.0 Å². The van der Waals surface area contributed by atoms with Crippen LogP contribution >= 0.6 is 0 Å². The van der Waals surface area contributed by atoms with Gasteiger partial charge in [0.05, 0.1) is 0 Å². The molecule has 4 nitrogen and oxygen atoms in total. The number of nitrogens with zero attached hydrogens (tertiary/aromatic N) is 1. The molecular weight excluding hydrogens is 252 g/mol. The fraction of sp³-hybridized carbons (Fsp3) is 0.500. The third-order valence-corrected chi connectivity index (χ3v) is 4.37. The molecule has 2 aliphatic rings. The van der Waals surface area contributed by atoms with Crippen LogP contribution < -0.4 is 5.32 Å². The Morgan fingerprint density at radius 3 is 2.75 bits per heavy atom. The van der Waals surface area contributed by atoms with E-state index < -0.39 is 0 Å². The average Bonchev–Trinajstić information content (AvgIpc) is 2.48. The first-order valence-corrected chi connectivity index (χ1v) is 7.28. The highest BCUT2D eigenvalue weighted by molar-refractivity contribution is 6.01. The number of Topliss-reactive ketones (excluding diaryl/α,β-unsaturated/α-hetero) is 1. The molecule has 1 heterocycles. The first kappa shape index (κ1) is 13.3. The highest BCUT2D eigenvalue weighted by atomic mass is 16.2. The van der Waals surface area contributed by atoms with E-state index in [0.717, 1.165) is 42.9 Å². The Morgan fingerprint density at radius 2 is 2.00 bits per heavy atom. The SMILES string of the molecule is Cc1cccc2c1CC(C(=O)N1CCNCC1)CC2=O. The molecule has 4 heteroatoms. The largest absolute Gasteiger partial charge is 0.340 e. The van der Waals surface area contributed by atoms with Crippen molar-refractivity contribution in [3.05, 3.63) is 34.9 Å². The molecule has 1 amide bonds. The predicted molar refractivity (Wildman–Crippen MR) is 76.8 cm³/mol. The molecule has 0 aromatic heterocycles. The zero-order valence-electron chi connectivity index (χ0n) is 11.8. The van der Waals surface area contributed by atoms with Crippen molar-refractivity contribution in [2.24, 2.45) is 5.92 Å². The van der Waals surface area contributed by atoms with Crippen LogP contribution in [-0.4, -0.2) is 42.8 Å². The van der Waals surface area contributed by atoms with Gasteiger partial charge in [0, 0.05) is 44.1 Å². The number of aryl methyl sites for hydroxylation is 1. The second kappa shape index (κ2) is 5.37. The molecule has 1 aromatic carbocycles. The Labute approximate surface area is 119 Å². The zero-order chi connectivity index (χ0) is 14.1. The lowest BCUT2D eigenvalue weighted by molar-refractivity contribution is -0.136. The van der Waals surface area contributed by atoms with Gasteiger partial charge in [0.25, 0.3) is 0 Å². The fourth-order valence-electron chi connectivity index (χ4n) is 3.20. The third-order valence-electron chi connectivity index (χ3n) is 4.37. The first-order chi connectivity index (χ1) is 9.66. The van der Waals surface area contributed by atoms with E-state index in [9.17, 15) is 9.59 Å². The normalized spacial score (nSPS) is 22.6. The molecule has 1 aliphatic heterocycles. The molecule has 0 radical (unpaired) electrons. The number of nitrogens with one attached hydrogen (secondary N) is 1. The number of hydrogen-bond acceptors (Lipinski definition) is 3. The molecule has 1 unspecified atom stereocenters. The Bertz CT molecular complexity index is 547. The van der Waals surface area contributed by atoms with E-state index in [2.05, 4.69) is 5.32 Å². The fourth-order valence-corrected chi connectivity index (χ4v) is 3.20. The maximum absolute atomic E-state index is 12.6. The van der Waals surface area contributed by atoms with E-state index in [0.29, 0.717) is 12.8 Å². The van der Waals surface area contributed by atoms with E-state index in [4.69, 9.17) is 0 Å².